The van der Waals surface area contributed by atoms with Gasteiger partial charge in [0.2, 0.25) is 11.8 Å². The van der Waals surface area contributed by atoms with Crippen molar-refractivity contribution < 1.29 is 23.1 Å². The average molecular weight is 589 g/mol. The summed E-state index contributed by atoms with van der Waals surface area (Å²) in [6.07, 6.45) is 1.77. The molecule has 3 aromatic carbocycles. The molecule has 1 N–H and O–H groups in total. The Balaban J connectivity index is 1.53. The quantitative estimate of drug-likeness (QED) is 0.305. The highest BCUT2D eigenvalue weighted by Crippen LogP contribution is 2.49. The molecule has 1 aromatic heterocycles. The van der Waals surface area contributed by atoms with Gasteiger partial charge in [0.1, 0.15) is 24.0 Å². The second-order valence-corrected chi connectivity index (χ2v) is 11.6. The number of aromatic nitrogens is 2. The Morgan fingerprint density at radius 1 is 1.10 bits per heavy atom. The predicted octanol–water partition coefficient (Wildman–Crippen LogP) is 5.59. The summed E-state index contributed by atoms with van der Waals surface area (Å²) in [5.74, 6) is -1.68. The number of aryl methyl sites for hydroxylation is 1. The lowest BCUT2D eigenvalue weighted by Crippen LogP contribution is -2.44. The van der Waals surface area contributed by atoms with Crippen molar-refractivity contribution in [3.63, 3.8) is 0 Å². The first-order valence-corrected chi connectivity index (χ1v) is 14.9. The van der Waals surface area contributed by atoms with Crippen molar-refractivity contribution in [2.75, 3.05) is 30.3 Å². The highest BCUT2D eigenvalue weighted by Gasteiger charge is 2.38. The van der Waals surface area contributed by atoms with Crippen molar-refractivity contribution in [2.45, 2.75) is 31.1 Å². The van der Waals surface area contributed by atoms with Gasteiger partial charge in [0.05, 0.1) is 28.5 Å². The molecule has 0 saturated carbocycles. The molecule has 2 unspecified atom stereocenters. The number of amides is 2. The molecule has 42 heavy (non-hydrogen) atoms. The van der Waals surface area contributed by atoms with Crippen LogP contribution in [0.15, 0.2) is 72.8 Å². The summed E-state index contributed by atoms with van der Waals surface area (Å²) in [5, 5.41) is 7.22. The molecule has 6 rings (SSSR count). The van der Waals surface area contributed by atoms with Crippen molar-refractivity contribution in [1.82, 2.24) is 15.1 Å². The van der Waals surface area contributed by atoms with E-state index in [9.17, 15) is 14.0 Å². The van der Waals surface area contributed by atoms with Gasteiger partial charge in [0, 0.05) is 35.9 Å². The second kappa shape index (κ2) is 12.1. The van der Waals surface area contributed by atoms with E-state index in [4.69, 9.17) is 9.84 Å². The van der Waals surface area contributed by atoms with Gasteiger partial charge < -0.3 is 10.1 Å². The second-order valence-electron chi connectivity index (χ2n) is 10.5. The molecule has 1 saturated heterocycles. The van der Waals surface area contributed by atoms with Crippen LogP contribution in [-0.2, 0) is 14.3 Å². The van der Waals surface area contributed by atoms with Crippen LogP contribution in [0.2, 0.25) is 0 Å². The van der Waals surface area contributed by atoms with Crippen molar-refractivity contribution >= 4 is 29.4 Å². The molecule has 10 heteroatoms. The minimum Gasteiger partial charge on any atom is -0.376 e. The molecular formula is C32H30F2N4O3S. The highest BCUT2D eigenvalue weighted by atomic mass is 32.2. The number of nitrogens with one attached hydrogen (secondary N) is 1. The lowest BCUT2D eigenvalue weighted by molar-refractivity contribution is -0.123. The van der Waals surface area contributed by atoms with Gasteiger partial charge in [-0.1, -0.05) is 48.5 Å². The Bertz CT molecular complexity index is 1620. The molecule has 0 bridgehead atoms. The molecule has 2 aliphatic heterocycles. The number of carbonyl (C=O) groups excluding carboxylic acids is 2. The number of nitrogens with zero attached hydrogens (tertiary/aromatic N) is 3. The molecule has 0 spiro atoms. The number of halogens is 2. The number of hydrogen-bond donors (Lipinski definition) is 1. The Morgan fingerprint density at radius 3 is 2.67 bits per heavy atom. The summed E-state index contributed by atoms with van der Waals surface area (Å²) < 4.78 is 36.6. The summed E-state index contributed by atoms with van der Waals surface area (Å²) in [4.78, 5) is 28.5. The predicted molar refractivity (Wildman–Crippen MR) is 159 cm³/mol. The largest absolute Gasteiger partial charge is 0.376 e. The van der Waals surface area contributed by atoms with Crippen LogP contribution in [0.3, 0.4) is 0 Å². The molecule has 3 heterocycles. The van der Waals surface area contributed by atoms with Crippen LogP contribution in [0.4, 0.5) is 14.6 Å². The summed E-state index contributed by atoms with van der Waals surface area (Å²) >= 11 is 1.23. The third kappa shape index (κ3) is 5.69. The van der Waals surface area contributed by atoms with Crippen molar-refractivity contribution in [1.29, 1.82) is 0 Å². The third-order valence-corrected chi connectivity index (χ3v) is 8.72. The summed E-state index contributed by atoms with van der Waals surface area (Å²) in [5.41, 5.74) is 3.81. The van der Waals surface area contributed by atoms with Crippen LogP contribution in [0, 0.1) is 18.6 Å². The van der Waals surface area contributed by atoms with E-state index in [1.165, 1.54) is 28.8 Å². The topological polar surface area (TPSA) is 76.5 Å². The van der Waals surface area contributed by atoms with Crippen LogP contribution in [-0.4, -0.2) is 53.1 Å². The minimum atomic E-state index is -0.712. The maximum absolute atomic E-state index is 15.4. The standard InChI is InChI=1S/C32H30F2N4O3S/c1-20-7-5-10-23(15-20)38-32-29(30(36-38)21-8-3-2-4-9-21)31(25-13-12-22(33)16-26(25)34)42-19-28(40)37(32)18-27(39)35-17-24-11-6-14-41-24/h2-5,7-10,12-13,15-16,24,31H,6,11,14,17-19H2,1H3,(H,35,39). The number of ether oxygens (including phenoxy) is 1. The lowest BCUT2D eigenvalue weighted by Gasteiger charge is -2.23. The normalized spacial score (nSPS) is 18.5. The van der Waals surface area contributed by atoms with Crippen LogP contribution < -0.4 is 10.2 Å². The Labute approximate surface area is 246 Å². The van der Waals surface area contributed by atoms with Crippen molar-refractivity contribution in [3.8, 4) is 16.9 Å². The molecular weight excluding hydrogens is 558 g/mol. The van der Waals surface area contributed by atoms with E-state index in [1.807, 2.05) is 61.5 Å². The zero-order chi connectivity index (χ0) is 29.2. The van der Waals surface area contributed by atoms with Gasteiger partial charge in [-0.2, -0.15) is 5.10 Å². The monoisotopic (exact) mass is 588 g/mol. The first kappa shape index (κ1) is 28.1. The number of benzene rings is 3. The van der Waals surface area contributed by atoms with E-state index in [-0.39, 0.29) is 35.8 Å². The zero-order valence-corrected chi connectivity index (χ0v) is 23.9. The van der Waals surface area contributed by atoms with Crippen LogP contribution in [0.25, 0.3) is 16.9 Å². The molecule has 1 fully saturated rings. The minimum absolute atomic E-state index is 0.0166. The van der Waals surface area contributed by atoms with Crippen LogP contribution in [0.1, 0.15) is 34.8 Å². The number of rotatable bonds is 7. The van der Waals surface area contributed by atoms with Gasteiger partial charge in [-0.05, 0) is 43.5 Å². The van der Waals surface area contributed by atoms with E-state index in [0.717, 1.165) is 30.0 Å². The van der Waals surface area contributed by atoms with Crippen LogP contribution >= 0.6 is 11.8 Å². The fourth-order valence-electron chi connectivity index (χ4n) is 5.46. The summed E-state index contributed by atoms with van der Waals surface area (Å²) in [7, 11) is 0. The third-order valence-electron chi connectivity index (χ3n) is 7.48. The van der Waals surface area contributed by atoms with E-state index >= 15 is 4.39 Å². The first-order valence-electron chi connectivity index (χ1n) is 13.9. The highest BCUT2D eigenvalue weighted by molar-refractivity contribution is 8.00. The molecule has 4 aromatic rings. The van der Waals surface area contributed by atoms with Crippen molar-refractivity contribution in [3.05, 3.63) is 101 Å². The van der Waals surface area contributed by atoms with Gasteiger partial charge in [-0.15, -0.1) is 11.8 Å². The van der Waals surface area contributed by atoms with E-state index in [1.54, 1.807) is 4.68 Å². The zero-order valence-electron chi connectivity index (χ0n) is 23.1. The molecule has 216 valence electrons. The van der Waals surface area contributed by atoms with E-state index in [0.29, 0.717) is 35.9 Å². The molecule has 2 aliphatic rings. The van der Waals surface area contributed by atoms with E-state index < -0.39 is 16.9 Å². The maximum atomic E-state index is 15.4. The van der Waals surface area contributed by atoms with Gasteiger partial charge >= 0.3 is 0 Å². The first-order chi connectivity index (χ1) is 20.4. The molecule has 0 radical (unpaired) electrons. The number of fused-ring (bicyclic) bond motifs is 1. The number of carbonyl (C=O) groups is 2. The smallest absolute Gasteiger partial charge is 0.240 e. The Morgan fingerprint density at radius 2 is 1.93 bits per heavy atom. The maximum Gasteiger partial charge on any atom is 0.240 e. The molecule has 2 amide bonds. The van der Waals surface area contributed by atoms with Gasteiger partial charge in [-0.3, -0.25) is 14.5 Å². The number of anilines is 1. The lowest BCUT2D eigenvalue weighted by atomic mass is 9.99. The SMILES string of the molecule is Cc1cccc(-n2nc(-c3ccccc3)c3c2N(CC(=O)NCC2CCCO2)C(=O)CSC3c2ccc(F)cc2F)c1. The number of hydrogen-bond acceptors (Lipinski definition) is 5. The Hall–Kier alpha value is -4.02. The Kier molecular flexibility index (Phi) is 8.08. The fraction of sp³-hybridized carbons (Fsp3) is 0.281. The van der Waals surface area contributed by atoms with Crippen LogP contribution in [0.5, 0.6) is 0 Å². The van der Waals surface area contributed by atoms with Gasteiger partial charge in [0.25, 0.3) is 0 Å². The fourth-order valence-corrected chi connectivity index (χ4v) is 6.68. The molecule has 7 nitrogen and oxygen atoms in total. The average Bonchev–Trinajstić information content (AvgIpc) is 3.62. The van der Waals surface area contributed by atoms with Gasteiger partial charge in [0.15, 0.2) is 0 Å². The number of thioether (sulfide) groups is 1. The van der Waals surface area contributed by atoms with Gasteiger partial charge in [-0.25, -0.2) is 13.5 Å². The molecule has 2 atom stereocenters. The van der Waals surface area contributed by atoms with E-state index in [2.05, 4.69) is 5.32 Å². The summed E-state index contributed by atoms with van der Waals surface area (Å²) in [6.45, 7) is 2.74. The molecule has 0 aliphatic carbocycles. The summed E-state index contributed by atoms with van der Waals surface area (Å²) in [6, 6.07) is 20.6. The van der Waals surface area contributed by atoms with Crippen molar-refractivity contribution in [2.24, 2.45) is 0 Å².